The van der Waals surface area contributed by atoms with Crippen molar-refractivity contribution in [3.63, 3.8) is 0 Å². The summed E-state index contributed by atoms with van der Waals surface area (Å²) in [4.78, 5) is 11.3. The van der Waals surface area contributed by atoms with Gasteiger partial charge in [-0.1, -0.05) is 15.9 Å². The van der Waals surface area contributed by atoms with Crippen LogP contribution in [0, 0.1) is 6.92 Å². The summed E-state index contributed by atoms with van der Waals surface area (Å²) in [6.45, 7) is 1.74. The normalized spacial score (nSPS) is 12.6. The number of halogens is 4. The maximum atomic E-state index is 12.6. The van der Waals surface area contributed by atoms with Crippen LogP contribution in [0.4, 0.5) is 13.2 Å². The number of aryl methyl sites for hydroxylation is 1. The van der Waals surface area contributed by atoms with Crippen LogP contribution in [0.2, 0.25) is 0 Å². The Hall–Kier alpha value is -1.04. The molecule has 0 bridgehead atoms. The molecule has 16 heavy (non-hydrogen) atoms. The lowest BCUT2D eigenvalue weighted by Crippen LogP contribution is -2.36. The molecule has 1 aromatic carbocycles. The molecule has 0 heterocycles. The van der Waals surface area contributed by atoms with E-state index < -0.39 is 18.6 Å². The molecule has 6 heteroatoms. The van der Waals surface area contributed by atoms with E-state index in [0.29, 0.717) is 0 Å². The molecule has 1 atom stereocenters. The molecule has 0 aliphatic carbocycles. The molecule has 0 radical (unpaired) electrons. The van der Waals surface area contributed by atoms with Crippen LogP contribution in [0.5, 0.6) is 0 Å². The van der Waals surface area contributed by atoms with Gasteiger partial charge in [0.15, 0.2) is 0 Å². The maximum Gasteiger partial charge on any atom is 0.287 e. The standard InChI is InChI=1S/C10H9BrF3NO/c1-5-4-6(2-3-7(5)11)10(16)15-9(14)8(12)13/h2-4,8-9H,1H3,(H,15,16). The Bertz CT molecular complexity index is 398. The van der Waals surface area contributed by atoms with Crippen molar-refractivity contribution in [1.82, 2.24) is 5.32 Å². The lowest BCUT2D eigenvalue weighted by molar-refractivity contribution is 0.0287. The Kier molecular flexibility index (Phi) is 4.35. The molecule has 1 amide bonds. The van der Waals surface area contributed by atoms with Gasteiger partial charge in [0.1, 0.15) is 0 Å². The Morgan fingerprint density at radius 2 is 2.00 bits per heavy atom. The predicted octanol–water partition coefficient (Wildman–Crippen LogP) is 3.05. The molecule has 2 nitrogen and oxygen atoms in total. The third-order valence-corrected chi connectivity index (χ3v) is 2.80. The van der Waals surface area contributed by atoms with Crippen molar-refractivity contribution in [3.05, 3.63) is 33.8 Å². The first-order chi connectivity index (χ1) is 7.41. The van der Waals surface area contributed by atoms with E-state index in [4.69, 9.17) is 0 Å². The summed E-state index contributed by atoms with van der Waals surface area (Å²) in [6, 6.07) is 4.50. The van der Waals surface area contributed by atoms with E-state index in [1.165, 1.54) is 12.1 Å². The SMILES string of the molecule is Cc1cc(C(=O)NC(F)C(F)F)ccc1Br. The molecular weight excluding hydrogens is 287 g/mol. The summed E-state index contributed by atoms with van der Waals surface area (Å²) in [5.74, 6) is -0.858. The molecule has 0 aromatic heterocycles. The molecule has 0 fully saturated rings. The minimum Gasteiger partial charge on any atom is -0.318 e. The molecular formula is C10H9BrF3NO. The molecule has 0 saturated carbocycles. The second-order valence-electron chi connectivity index (χ2n) is 3.17. The average molecular weight is 296 g/mol. The number of carbonyl (C=O) groups is 1. The van der Waals surface area contributed by atoms with Gasteiger partial charge in [0.05, 0.1) is 0 Å². The Labute approximate surface area is 99.0 Å². The number of nitrogens with one attached hydrogen (secondary N) is 1. The van der Waals surface area contributed by atoms with Gasteiger partial charge in [0, 0.05) is 10.0 Å². The van der Waals surface area contributed by atoms with Gasteiger partial charge >= 0.3 is 0 Å². The predicted molar refractivity (Wildman–Crippen MR) is 57.2 cm³/mol. The summed E-state index contributed by atoms with van der Waals surface area (Å²) >= 11 is 3.23. The minimum atomic E-state index is -3.22. The zero-order valence-electron chi connectivity index (χ0n) is 8.31. The lowest BCUT2D eigenvalue weighted by atomic mass is 10.1. The second kappa shape index (κ2) is 5.34. The summed E-state index contributed by atoms with van der Waals surface area (Å²) in [7, 11) is 0. The van der Waals surface area contributed by atoms with Crippen LogP contribution < -0.4 is 5.32 Å². The number of amides is 1. The smallest absolute Gasteiger partial charge is 0.287 e. The fourth-order valence-corrected chi connectivity index (χ4v) is 1.30. The highest BCUT2D eigenvalue weighted by atomic mass is 79.9. The molecule has 1 rings (SSSR count). The molecule has 0 aliphatic heterocycles. The Balaban J connectivity index is 2.77. The fourth-order valence-electron chi connectivity index (χ4n) is 1.06. The molecule has 1 N–H and O–H groups in total. The van der Waals surface area contributed by atoms with Gasteiger partial charge in [-0.2, -0.15) is 0 Å². The van der Waals surface area contributed by atoms with Gasteiger partial charge in [-0.25, -0.2) is 13.2 Å². The van der Waals surface area contributed by atoms with E-state index in [0.717, 1.165) is 10.0 Å². The van der Waals surface area contributed by atoms with Gasteiger partial charge in [-0.05, 0) is 30.7 Å². The third-order valence-electron chi connectivity index (χ3n) is 1.91. The van der Waals surface area contributed by atoms with Gasteiger partial charge < -0.3 is 5.32 Å². The highest BCUT2D eigenvalue weighted by Gasteiger charge is 2.21. The van der Waals surface area contributed by atoms with Crippen LogP contribution in [0.1, 0.15) is 15.9 Å². The van der Waals surface area contributed by atoms with Crippen LogP contribution in [0.15, 0.2) is 22.7 Å². The minimum absolute atomic E-state index is 0.143. The summed E-state index contributed by atoms with van der Waals surface area (Å²) in [5, 5.41) is 1.57. The van der Waals surface area contributed by atoms with Crippen molar-refractivity contribution in [3.8, 4) is 0 Å². The van der Waals surface area contributed by atoms with E-state index in [9.17, 15) is 18.0 Å². The van der Waals surface area contributed by atoms with Crippen molar-refractivity contribution < 1.29 is 18.0 Å². The van der Waals surface area contributed by atoms with E-state index in [-0.39, 0.29) is 5.56 Å². The number of hydrogen-bond donors (Lipinski definition) is 1. The van der Waals surface area contributed by atoms with Gasteiger partial charge in [0.25, 0.3) is 12.3 Å². The van der Waals surface area contributed by atoms with Crippen molar-refractivity contribution in [2.45, 2.75) is 19.6 Å². The van der Waals surface area contributed by atoms with E-state index in [1.54, 1.807) is 18.3 Å². The average Bonchev–Trinajstić information content (AvgIpc) is 2.21. The highest BCUT2D eigenvalue weighted by Crippen LogP contribution is 2.17. The van der Waals surface area contributed by atoms with Gasteiger partial charge in [0.2, 0.25) is 6.30 Å². The Morgan fingerprint density at radius 1 is 1.38 bits per heavy atom. The number of alkyl halides is 3. The van der Waals surface area contributed by atoms with Crippen LogP contribution in [0.25, 0.3) is 0 Å². The first-order valence-corrected chi connectivity index (χ1v) is 5.20. The lowest BCUT2D eigenvalue weighted by Gasteiger charge is -2.10. The number of rotatable bonds is 3. The molecule has 1 aromatic rings. The number of hydrogen-bond acceptors (Lipinski definition) is 1. The topological polar surface area (TPSA) is 29.1 Å². The zero-order valence-corrected chi connectivity index (χ0v) is 9.89. The summed E-state index contributed by atoms with van der Waals surface area (Å²) < 4.78 is 37.0. The molecule has 1 unspecified atom stereocenters. The molecule has 0 spiro atoms. The summed E-state index contributed by atoms with van der Waals surface area (Å²) in [6.07, 6.45) is -5.86. The van der Waals surface area contributed by atoms with E-state index in [2.05, 4.69) is 15.9 Å². The summed E-state index contributed by atoms with van der Waals surface area (Å²) in [5.41, 5.74) is 0.907. The number of carbonyl (C=O) groups excluding carboxylic acids is 1. The van der Waals surface area contributed by atoms with Crippen LogP contribution in [0.3, 0.4) is 0 Å². The quantitative estimate of drug-likeness (QED) is 0.853. The van der Waals surface area contributed by atoms with E-state index >= 15 is 0 Å². The monoisotopic (exact) mass is 295 g/mol. The van der Waals surface area contributed by atoms with Gasteiger partial charge in [-0.3, -0.25) is 4.79 Å². The number of benzene rings is 1. The molecule has 88 valence electrons. The highest BCUT2D eigenvalue weighted by molar-refractivity contribution is 9.10. The fraction of sp³-hybridized carbons (Fsp3) is 0.300. The van der Waals surface area contributed by atoms with Gasteiger partial charge in [-0.15, -0.1) is 0 Å². The van der Waals surface area contributed by atoms with Crippen LogP contribution in [-0.4, -0.2) is 18.6 Å². The van der Waals surface area contributed by atoms with Crippen molar-refractivity contribution in [2.75, 3.05) is 0 Å². The maximum absolute atomic E-state index is 12.6. The second-order valence-corrected chi connectivity index (χ2v) is 4.03. The largest absolute Gasteiger partial charge is 0.318 e. The van der Waals surface area contributed by atoms with Crippen LogP contribution in [-0.2, 0) is 0 Å². The first kappa shape index (κ1) is 13.0. The zero-order chi connectivity index (χ0) is 12.3. The first-order valence-electron chi connectivity index (χ1n) is 4.41. The third kappa shape index (κ3) is 3.23. The molecule has 0 aliphatic rings. The van der Waals surface area contributed by atoms with Crippen LogP contribution >= 0.6 is 15.9 Å². The van der Waals surface area contributed by atoms with Crippen molar-refractivity contribution in [1.29, 1.82) is 0 Å². The molecule has 0 saturated heterocycles. The van der Waals surface area contributed by atoms with Crippen molar-refractivity contribution >= 4 is 21.8 Å². The Morgan fingerprint density at radius 3 is 2.50 bits per heavy atom. The van der Waals surface area contributed by atoms with Crippen molar-refractivity contribution in [2.24, 2.45) is 0 Å². The van der Waals surface area contributed by atoms with E-state index in [1.807, 2.05) is 0 Å².